The van der Waals surface area contributed by atoms with Gasteiger partial charge in [0.2, 0.25) is 17.5 Å². The number of nitro groups is 1. The van der Waals surface area contributed by atoms with Gasteiger partial charge < -0.3 is 25.9 Å². The molecule has 0 saturated heterocycles. The van der Waals surface area contributed by atoms with Crippen LogP contribution >= 0.6 is 0 Å². The second-order valence-corrected chi connectivity index (χ2v) is 3.59. The number of primary amides is 1. The third-order valence-corrected chi connectivity index (χ3v) is 2.26. The quantitative estimate of drug-likeness (QED) is 0.387. The molecule has 1 aromatic heterocycles. The SMILES string of the molecule is Cc1nc([N+](=O)[O-])c(NCCOCC(N)=O)n1C. The molecule has 0 aliphatic rings. The van der Waals surface area contributed by atoms with Crippen molar-refractivity contribution in [2.75, 3.05) is 25.1 Å². The fourth-order valence-electron chi connectivity index (χ4n) is 1.33. The molecule has 1 rings (SSSR count). The second-order valence-electron chi connectivity index (χ2n) is 3.59. The smallest absolute Gasteiger partial charge is 0.370 e. The van der Waals surface area contributed by atoms with E-state index in [9.17, 15) is 14.9 Å². The minimum atomic E-state index is -0.558. The van der Waals surface area contributed by atoms with E-state index in [1.807, 2.05) is 0 Å². The highest BCUT2D eigenvalue weighted by Crippen LogP contribution is 2.23. The maximum atomic E-state index is 10.8. The van der Waals surface area contributed by atoms with Crippen LogP contribution in [-0.2, 0) is 16.6 Å². The Labute approximate surface area is 103 Å². The van der Waals surface area contributed by atoms with Crippen LogP contribution in [0.5, 0.6) is 0 Å². The molecule has 100 valence electrons. The fraction of sp³-hybridized carbons (Fsp3) is 0.556. The van der Waals surface area contributed by atoms with Crippen LogP contribution in [0.3, 0.4) is 0 Å². The van der Waals surface area contributed by atoms with Gasteiger partial charge in [-0.15, -0.1) is 0 Å². The summed E-state index contributed by atoms with van der Waals surface area (Å²) in [4.78, 5) is 24.4. The van der Waals surface area contributed by atoms with Crippen molar-refractivity contribution >= 4 is 17.5 Å². The summed E-state index contributed by atoms with van der Waals surface area (Å²) in [7, 11) is 1.67. The van der Waals surface area contributed by atoms with Crippen LogP contribution in [0, 0.1) is 17.0 Å². The van der Waals surface area contributed by atoms with E-state index in [0.29, 0.717) is 18.2 Å². The van der Waals surface area contributed by atoms with E-state index in [2.05, 4.69) is 10.3 Å². The summed E-state index contributed by atoms with van der Waals surface area (Å²) >= 11 is 0. The van der Waals surface area contributed by atoms with Gasteiger partial charge in [-0.3, -0.25) is 9.36 Å². The van der Waals surface area contributed by atoms with Crippen molar-refractivity contribution in [2.45, 2.75) is 6.92 Å². The van der Waals surface area contributed by atoms with Crippen molar-refractivity contribution in [3.8, 4) is 0 Å². The molecule has 1 amide bonds. The van der Waals surface area contributed by atoms with E-state index in [0.717, 1.165) is 0 Å². The van der Waals surface area contributed by atoms with Crippen LogP contribution in [0.1, 0.15) is 5.82 Å². The molecule has 0 atom stereocenters. The second kappa shape index (κ2) is 5.96. The van der Waals surface area contributed by atoms with Crippen molar-refractivity contribution in [2.24, 2.45) is 12.8 Å². The summed E-state index contributed by atoms with van der Waals surface area (Å²) in [5.41, 5.74) is 4.89. The highest BCUT2D eigenvalue weighted by atomic mass is 16.6. The van der Waals surface area contributed by atoms with E-state index < -0.39 is 10.8 Å². The molecule has 9 nitrogen and oxygen atoms in total. The first-order chi connectivity index (χ1) is 8.43. The van der Waals surface area contributed by atoms with E-state index >= 15 is 0 Å². The number of aromatic nitrogens is 2. The molecule has 3 N–H and O–H groups in total. The van der Waals surface area contributed by atoms with Crippen molar-refractivity contribution in [3.63, 3.8) is 0 Å². The molecule has 0 spiro atoms. The summed E-state index contributed by atoms with van der Waals surface area (Å²) < 4.78 is 6.50. The van der Waals surface area contributed by atoms with E-state index in [4.69, 9.17) is 10.5 Å². The lowest BCUT2D eigenvalue weighted by Gasteiger charge is -2.06. The number of carbonyl (C=O) groups excluding carboxylic acids is 1. The lowest BCUT2D eigenvalue weighted by molar-refractivity contribution is -0.388. The Morgan fingerprint density at radius 3 is 2.89 bits per heavy atom. The maximum Gasteiger partial charge on any atom is 0.406 e. The minimum absolute atomic E-state index is 0.172. The Morgan fingerprint density at radius 2 is 2.33 bits per heavy atom. The van der Waals surface area contributed by atoms with Gasteiger partial charge in [-0.1, -0.05) is 0 Å². The Hall–Kier alpha value is -2.16. The first kappa shape index (κ1) is 13.9. The molecule has 0 aromatic carbocycles. The Morgan fingerprint density at radius 1 is 1.67 bits per heavy atom. The molecule has 0 unspecified atom stereocenters. The number of rotatable bonds is 7. The van der Waals surface area contributed by atoms with Crippen molar-refractivity contribution < 1.29 is 14.5 Å². The van der Waals surface area contributed by atoms with Gasteiger partial charge in [0.1, 0.15) is 6.61 Å². The third-order valence-electron chi connectivity index (χ3n) is 2.26. The van der Waals surface area contributed by atoms with Gasteiger partial charge in [0.05, 0.1) is 6.61 Å². The molecular weight excluding hydrogens is 242 g/mol. The average Bonchev–Trinajstić information content (AvgIpc) is 2.56. The largest absolute Gasteiger partial charge is 0.406 e. The van der Waals surface area contributed by atoms with Crippen LogP contribution in [-0.4, -0.2) is 40.1 Å². The molecule has 0 fully saturated rings. The average molecular weight is 257 g/mol. The summed E-state index contributed by atoms with van der Waals surface area (Å²) in [6, 6.07) is 0. The monoisotopic (exact) mass is 257 g/mol. The van der Waals surface area contributed by atoms with Crippen LogP contribution in [0.4, 0.5) is 11.6 Å². The number of aryl methyl sites for hydroxylation is 1. The first-order valence-electron chi connectivity index (χ1n) is 5.21. The Bertz CT molecular complexity index is 456. The lowest BCUT2D eigenvalue weighted by Crippen LogP contribution is -2.21. The number of hydrogen-bond donors (Lipinski definition) is 2. The van der Waals surface area contributed by atoms with Gasteiger partial charge in [-0.25, -0.2) is 0 Å². The number of anilines is 1. The predicted octanol–water partition coefficient (Wildman–Crippen LogP) is -0.449. The van der Waals surface area contributed by atoms with E-state index in [1.165, 1.54) is 0 Å². The number of hydrogen-bond acceptors (Lipinski definition) is 6. The van der Waals surface area contributed by atoms with Crippen LogP contribution in [0.25, 0.3) is 0 Å². The number of imidazole rings is 1. The Kier molecular flexibility index (Phi) is 4.60. The zero-order valence-electron chi connectivity index (χ0n) is 10.2. The van der Waals surface area contributed by atoms with Gasteiger partial charge in [-0.2, -0.15) is 0 Å². The van der Waals surface area contributed by atoms with Crippen LogP contribution in [0.2, 0.25) is 0 Å². The normalized spacial score (nSPS) is 10.3. The molecular formula is C9H15N5O4. The zero-order chi connectivity index (χ0) is 13.7. The topological polar surface area (TPSA) is 125 Å². The van der Waals surface area contributed by atoms with Crippen molar-refractivity contribution in [3.05, 3.63) is 15.9 Å². The summed E-state index contributed by atoms with van der Waals surface area (Å²) in [6.45, 7) is 2.02. The molecule has 1 heterocycles. The van der Waals surface area contributed by atoms with Crippen molar-refractivity contribution in [1.29, 1.82) is 0 Å². The van der Waals surface area contributed by atoms with Crippen LogP contribution in [0.15, 0.2) is 0 Å². The molecule has 0 radical (unpaired) electrons. The molecule has 9 heteroatoms. The molecule has 0 saturated carbocycles. The van der Waals surface area contributed by atoms with Gasteiger partial charge in [-0.05, 0) is 9.91 Å². The molecule has 18 heavy (non-hydrogen) atoms. The predicted molar refractivity (Wildman–Crippen MR) is 63.1 cm³/mol. The minimum Gasteiger partial charge on any atom is -0.370 e. The van der Waals surface area contributed by atoms with Gasteiger partial charge >= 0.3 is 5.82 Å². The number of carbonyl (C=O) groups is 1. The Balaban J connectivity index is 2.56. The zero-order valence-corrected chi connectivity index (χ0v) is 10.2. The van der Waals surface area contributed by atoms with Gasteiger partial charge in [0.25, 0.3) is 0 Å². The number of nitrogens with two attached hydrogens (primary N) is 1. The van der Waals surface area contributed by atoms with Crippen LogP contribution < -0.4 is 11.1 Å². The molecule has 0 aliphatic carbocycles. The number of nitrogens with one attached hydrogen (secondary N) is 1. The van der Waals surface area contributed by atoms with Gasteiger partial charge in [0.15, 0.2) is 0 Å². The first-order valence-corrected chi connectivity index (χ1v) is 5.21. The summed E-state index contributed by atoms with van der Waals surface area (Å²) in [6.07, 6.45) is 0. The third kappa shape index (κ3) is 3.42. The number of amides is 1. The van der Waals surface area contributed by atoms with E-state index in [-0.39, 0.29) is 19.0 Å². The summed E-state index contributed by atoms with van der Waals surface area (Å²) in [5.74, 6) is 0.0460. The number of ether oxygens (including phenoxy) is 1. The standard InChI is InChI=1S/C9H15N5O4/c1-6-12-9(14(16)17)8(13(6)2)11-3-4-18-5-7(10)15/h11H,3-5H2,1-2H3,(H2,10,15). The fourth-order valence-corrected chi connectivity index (χ4v) is 1.33. The molecule has 1 aromatic rings. The highest BCUT2D eigenvalue weighted by molar-refractivity contribution is 5.74. The lowest BCUT2D eigenvalue weighted by atomic mass is 10.5. The summed E-state index contributed by atoms with van der Waals surface area (Å²) in [5, 5.41) is 13.6. The van der Waals surface area contributed by atoms with E-state index in [1.54, 1.807) is 18.5 Å². The number of nitrogens with zero attached hydrogens (tertiary/aromatic N) is 3. The molecule has 0 bridgehead atoms. The van der Waals surface area contributed by atoms with Gasteiger partial charge in [0, 0.05) is 20.5 Å². The molecule has 0 aliphatic heterocycles. The maximum absolute atomic E-state index is 10.8. The van der Waals surface area contributed by atoms with Crippen molar-refractivity contribution in [1.82, 2.24) is 9.55 Å². The highest BCUT2D eigenvalue weighted by Gasteiger charge is 2.22.